The summed E-state index contributed by atoms with van der Waals surface area (Å²) >= 11 is 0. The molecule has 106 valence electrons. The van der Waals surface area contributed by atoms with E-state index in [0.29, 0.717) is 17.7 Å². The van der Waals surface area contributed by atoms with Gasteiger partial charge in [-0.3, -0.25) is 4.90 Å². The summed E-state index contributed by atoms with van der Waals surface area (Å²) in [7, 11) is 1.78. The van der Waals surface area contributed by atoms with Crippen LogP contribution >= 0.6 is 0 Å². The third kappa shape index (κ3) is 3.48. The molecule has 1 aliphatic rings. The minimum atomic E-state index is 0.320. The van der Waals surface area contributed by atoms with E-state index in [1.807, 2.05) is 18.2 Å². The fraction of sp³-hybridized carbons (Fsp3) is 0.625. The van der Waals surface area contributed by atoms with Gasteiger partial charge in [-0.2, -0.15) is 0 Å². The molecule has 0 aliphatic carbocycles. The Balaban J connectivity index is 2.11. The normalized spacial score (nSPS) is 22.3. The standard InChI is InChI=1S/C16H25NO2/c1-3-15(14-8-4-5-9-16(14)18)17-10-6-7-13(11-17)12-19-2/h4-5,8-9,13,15,18H,3,6-7,10-12H2,1-2H3. The van der Waals surface area contributed by atoms with E-state index in [1.165, 1.54) is 12.8 Å². The van der Waals surface area contributed by atoms with Gasteiger partial charge in [0.15, 0.2) is 0 Å². The first-order valence-corrected chi connectivity index (χ1v) is 7.27. The lowest BCUT2D eigenvalue weighted by Crippen LogP contribution is -2.39. The quantitative estimate of drug-likeness (QED) is 0.885. The molecule has 1 N–H and O–H groups in total. The number of likely N-dealkylation sites (tertiary alicyclic amines) is 1. The topological polar surface area (TPSA) is 32.7 Å². The van der Waals surface area contributed by atoms with Crippen molar-refractivity contribution in [2.45, 2.75) is 32.2 Å². The molecule has 1 aromatic carbocycles. The lowest BCUT2D eigenvalue weighted by Gasteiger charge is -2.38. The monoisotopic (exact) mass is 263 g/mol. The number of phenols is 1. The first-order valence-electron chi connectivity index (χ1n) is 7.27. The molecular formula is C16H25NO2. The maximum Gasteiger partial charge on any atom is 0.120 e. The van der Waals surface area contributed by atoms with Crippen molar-refractivity contribution in [1.82, 2.24) is 4.90 Å². The zero-order chi connectivity index (χ0) is 13.7. The van der Waals surface area contributed by atoms with Crippen molar-refractivity contribution in [2.24, 2.45) is 5.92 Å². The number of phenolic OH excluding ortho intramolecular Hbond substituents is 1. The van der Waals surface area contributed by atoms with Crippen molar-refractivity contribution < 1.29 is 9.84 Å². The summed E-state index contributed by atoms with van der Waals surface area (Å²) in [6, 6.07) is 8.04. The zero-order valence-corrected chi connectivity index (χ0v) is 12.0. The van der Waals surface area contributed by atoms with Gasteiger partial charge >= 0.3 is 0 Å². The van der Waals surface area contributed by atoms with E-state index in [1.54, 1.807) is 13.2 Å². The summed E-state index contributed by atoms with van der Waals surface area (Å²) < 4.78 is 5.30. The fourth-order valence-electron chi connectivity index (χ4n) is 3.20. The van der Waals surface area contributed by atoms with Crippen LogP contribution in [0.25, 0.3) is 0 Å². The lowest BCUT2D eigenvalue weighted by molar-refractivity contribution is 0.0659. The Labute approximate surface area is 116 Å². The van der Waals surface area contributed by atoms with Crippen LogP contribution < -0.4 is 0 Å². The molecule has 2 unspecified atom stereocenters. The highest BCUT2D eigenvalue weighted by Crippen LogP contribution is 2.33. The zero-order valence-electron chi connectivity index (χ0n) is 12.0. The number of aromatic hydroxyl groups is 1. The van der Waals surface area contributed by atoms with Crippen LogP contribution in [0.3, 0.4) is 0 Å². The van der Waals surface area contributed by atoms with E-state index in [-0.39, 0.29) is 0 Å². The van der Waals surface area contributed by atoms with Crippen molar-refractivity contribution in [1.29, 1.82) is 0 Å². The van der Waals surface area contributed by atoms with E-state index >= 15 is 0 Å². The minimum Gasteiger partial charge on any atom is -0.508 e. The Morgan fingerprint density at radius 2 is 2.21 bits per heavy atom. The molecule has 1 aromatic rings. The Hall–Kier alpha value is -1.06. The molecule has 0 aromatic heterocycles. The molecule has 3 heteroatoms. The number of piperidine rings is 1. The second-order valence-corrected chi connectivity index (χ2v) is 5.44. The van der Waals surface area contributed by atoms with Gasteiger partial charge in [-0.25, -0.2) is 0 Å². The minimum absolute atomic E-state index is 0.320. The number of para-hydroxylation sites is 1. The number of ether oxygens (including phenoxy) is 1. The molecule has 1 aliphatic heterocycles. The van der Waals surface area contributed by atoms with Crippen molar-refractivity contribution >= 4 is 0 Å². The Morgan fingerprint density at radius 3 is 2.89 bits per heavy atom. The average Bonchev–Trinajstić information content (AvgIpc) is 2.43. The Bertz CT molecular complexity index is 392. The molecular weight excluding hydrogens is 238 g/mol. The van der Waals surface area contributed by atoms with Crippen LogP contribution in [0.2, 0.25) is 0 Å². The molecule has 3 nitrogen and oxygen atoms in total. The summed E-state index contributed by atoms with van der Waals surface area (Å²) in [4.78, 5) is 2.50. The van der Waals surface area contributed by atoms with Gasteiger partial charge in [0.1, 0.15) is 5.75 Å². The predicted octanol–water partition coefficient (Wildman–Crippen LogP) is 3.20. The van der Waals surface area contributed by atoms with Gasteiger partial charge in [0.2, 0.25) is 0 Å². The number of benzene rings is 1. The van der Waals surface area contributed by atoms with Crippen molar-refractivity contribution in [2.75, 3.05) is 26.8 Å². The molecule has 2 rings (SSSR count). The van der Waals surface area contributed by atoms with Crippen LogP contribution in [0.4, 0.5) is 0 Å². The maximum absolute atomic E-state index is 10.1. The maximum atomic E-state index is 10.1. The highest BCUT2D eigenvalue weighted by atomic mass is 16.5. The van der Waals surface area contributed by atoms with Gasteiger partial charge in [-0.15, -0.1) is 0 Å². The molecule has 1 heterocycles. The molecule has 0 spiro atoms. The van der Waals surface area contributed by atoms with Gasteiger partial charge < -0.3 is 9.84 Å². The van der Waals surface area contributed by atoms with Crippen LogP contribution in [0.1, 0.15) is 37.8 Å². The SMILES string of the molecule is CCC(c1ccccc1O)N1CCCC(COC)C1. The number of rotatable bonds is 5. The van der Waals surface area contributed by atoms with Gasteiger partial charge in [0, 0.05) is 25.3 Å². The first-order chi connectivity index (χ1) is 9.26. The average molecular weight is 263 g/mol. The molecule has 0 radical (unpaired) electrons. The molecule has 0 amide bonds. The number of hydrogen-bond acceptors (Lipinski definition) is 3. The summed E-state index contributed by atoms with van der Waals surface area (Å²) in [5, 5.41) is 10.1. The second-order valence-electron chi connectivity index (χ2n) is 5.44. The van der Waals surface area contributed by atoms with E-state index < -0.39 is 0 Å². The Morgan fingerprint density at radius 1 is 1.42 bits per heavy atom. The van der Waals surface area contributed by atoms with Crippen molar-refractivity contribution in [3.63, 3.8) is 0 Å². The molecule has 2 atom stereocenters. The molecule has 1 fully saturated rings. The fourth-order valence-corrected chi connectivity index (χ4v) is 3.20. The summed E-state index contributed by atoms with van der Waals surface area (Å²) in [6.45, 7) is 5.22. The third-order valence-corrected chi connectivity index (χ3v) is 4.08. The van der Waals surface area contributed by atoms with E-state index in [4.69, 9.17) is 4.74 Å². The van der Waals surface area contributed by atoms with Crippen LogP contribution in [0, 0.1) is 5.92 Å². The van der Waals surface area contributed by atoms with E-state index in [0.717, 1.165) is 31.7 Å². The lowest BCUT2D eigenvalue weighted by atomic mass is 9.94. The van der Waals surface area contributed by atoms with Gasteiger partial charge in [-0.05, 0) is 37.8 Å². The number of methoxy groups -OCH3 is 1. The van der Waals surface area contributed by atoms with E-state index in [9.17, 15) is 5.11 Å². The molecule has 0 bridgehead atoms. The molecule has 0 saturated carbocycles. The third-order valence-electron chi connectivity index (χ3n) is 4.08. The largest absolute Gasteiger partial charge is 0.508 e. The summed E-state index contributed by atoms with van der Waals surface area (Å²) in [6.07, 6.45) is 3.50. The molecule has 19 heavy (non-hydrogen) atoms. The van der Waals surface area contributed by atoms with Crippen LogP contribution in [0.5, 0.6) is 5.75 Å². The number of hydrogen-bond donors (Lipinski definition) is 1. The first kappa shape index (κ1) is 14.4. The van der Waals surface area contributed by atoms with Crippen molar-refractivity contribution in [3.05, 3.63) is 29.8 Å². The predicted molar refractivity (Wildman–Crippen MR) is 77.3 cm³/mol. The second kappa shape index (κ2) is 6.92. The van der Waals surface area contributed by atoms with Gasteiger partial charge in [0.05, 0.1) is 6.61 Å². The highest BCUT2D eigenvalue weighted by molar-refractivity contribution is 5.34. The van der Waals surface area contributed by atoms with Crippen LogP contribution in [-0.4, -0.2) is 36.8 Å². The summed E-state index contributed by atoms with van der Waals surface area (Å²) in [5.41, 5.74) is 1.06. The highest BCUT2D eigenvalue weighted by Gasteiger charge is 2.27. The molecule has 1 saturated heterocycles. The summed E-state index contributed by atoms with van der Waals surface area (Å²) in [5.74, 6) is 1.04. The smallest absolute Gasteiger partial charge is 0.120 e. The van der Waals surface area contributed by atoms with Gasteiger partial charge in [-0.1, -0.05) is 25.1 Å². The van der Waals surface area contributed by atoms with Crippen molar-refractivity contribution in [3.8, 4) is 5.75 Å². The van der Waals surface area contributed by atoms with Crippen LogP contribution in [-0.2, 0) is 4.74 Å². The van der Waals surface area contributed by atoms with E-state index in [2.05, 4.69) is 11.8 Å². The number of nitrogens with zero attached hydrogens (tertiary/aromatic N) is 1. The Kier molecular flexibility index (Phi) is 5.23. The van der Waals surface area contributed by atoms with Gasteiger partial charge in [0.25, 0.3) is 0 Å². The van der Waals surface area contributed by atoms with Crippen LogP contribution in [0.15, 0.2) is 24.3 Å².